The van der Waals surface area contributed by atoms with Gasteiger partial charge in [-0.25, -0.2) is 18.2 Å². The number of oxime groups is 1. The van der Waals surface area contributed by atoms with E-state index in [9.17, 15) is 27.9 Å². The Morgan fingerprint density at radius 2 is 1.76 bits per heavy atom. The molecule has 1 aliphatic heterocycles. The van der Waals surface area contributed by atoms with E-state index in [2.05, 4.69) is 15.5 Å². The van der Waals surface area contributed by atoms with E-state index in [1.54, 1.807) is 21.7 Å². The van der Waals surface area contributed by atoms with Crippen LogP contribution in [0.25, 0.3) is 0 Å². The monoisotopic (exact) mass is 783 g/mol. The van der Waals surface area contributed by atoms with Crippen LogP contribution in [0.4, 0.5) is 4.79 Å². The molecule has 1 saturated heterocycles. The van der Waals surface area contributed by atoms with Crippen LogP contribution in [0.3, 0.4) is 0 Å². The fraction of sp³-hybridized carbons (Fsp3) is 0.500. The Bertz CT molecular complexity index is 1840. The van der Waals surface area contributed by atoms with Gasteiger partial charge in [-0.3, -0.25) is 9.59 Å². The first-order valence-corrected chi connectivity index (χ1v) is 20.5. The highest BCUT2D eigenvalue weighted by molar-refractivity contribution is 7.89. The maximum Gasteiger partial charge on any atom is 0.321 e. The van der Waals surface area contributed by atoms with Crippen molar-refractivity contribution in [1.29, 1.82) is 0 Å². The molecule has 1 aliphatic rings. The molecule has 2 heterocycles. The van der Waals surface area contributed by atoms with Crippen LogP contribution in [0.1, 0.15) is 62.9 Å². The summed E-state index contributed by atoms with van der Waals surface area (Å²) < 4.78 is 29.1. The number of aliphatic hydroxyl groups is 1. The molecule has 3 aromatic rings. The lowest BCUT2D eigenvalue weighted by Crippen LogP contribution is -2.57. The van der Waals surface area contributed by atoms with E-state index in [0.29, 0.717) is 37.3 Å². The molecule has 4 atom stereocenters. The molecule has 0 bridgehead atoms. The molecule has 0 radical (unpaired) electrons. The Balaban J connectivity index is 1.56. The van der Waals surface area contributed by atoms with Crippen LogP contribution in [-0.4, -0.2) is 118 Å². The molecule has 0 unspecified atom stereocenters. The zero-order valence-corrected chi connectivity index (χ0v) is 33.5. The third-order valence-electron chi connectivity index (χ3n) is 9.55. The first-order chi connectivity index (χ1) is 25.6. The first-order valence-electron chi connectivity index (χ1n) is 18.1. The summed E-state index contributed by atoms with van der Waals surface area (Å²) in [7, 11) is -2.37. The third kappa shape index (κ3) is 11.1. The molecule has 54 heavy (non-hydrogen) atoms. The van der Waals surface area contributed by atoms with Gasteiger partial charge in [0.1, 0.15) is 11.0 Å². The van der Waals surface area contributed by atoms with Crippen LogP contribution >= 0.6 is 11.3 Å². The van der Waals surface area contributed by atoms with E-state index in [1.165, 1.54) is 53.0 Å². The molecule has 0 spiro atoms. The molecule has 4 rings (SSSR count). The van der Waals surface area contributed by atoms with Crippen molar-refractivity contribution in [1.82, 2.24) is 29.3 Å². The minimum Gasteiger partial charge on any atom is -0.411 e. The predicted octanol–water partition coefficient (Wildman–Crippen LogP) is 4.02. The number of aromatic nitrogens is 1. The number of urea groups is 1. The molecule has 0 saturated carbocycles. The second-order valence-corrected chi connectivity index (χ2v) is 17.1. The lowest BCUT2D eigenvalue weighted by Gasteiger charge is -2.35. The summed E-state index contributed by atoms with van der Waals surface area (Å²) in [4.78, 5) is 49.3. The van der Waals surface area contributed by atoms with Gasteiger partial charge in [-0.2, -0.15) is 4.31 Å². The van der Waals surface area contributed by atoms with Gasteiger partial charge in [0.25, 0.3) is 0 Å². The number of carbonyl (C=O) groups excluding carboxylic acids is 3. The molecule has 3 N–H and O–H groups in total. The number of nitrogens with zero attached hydrogens (tertiary/aromatic N) is 6. The lowest BCUT2D eigenvalue weighted by molar-refractivity contribution is -0.129. The van der Waals surface area contributed by atoms with Gasteiger partial charge in [0.05, 0.1) is 42.0 Å². The van der Waals surface area contributed by atoms with Crippen LogP contribution in [0.2, 0.25) is 0 Å². The predicted molar refractivity (Wildman–Crippen MR) is 208 cm³/mol. The average Bonchev–Trinajstić information content (AvgIpc) is 3.73. The Morgan fingerprint density at radius 3 is 2.37 bits per heavy atom. The Morgan fingerprint density at radius 1 is 1.07 bits per heavy atom. The summed E-state index contributed by atoms with van der Waals surface area (Å²) in [5.74, 6) is -0.804. The fourth-order valence-electron chi connectivity index (χ4n) is 6.32. The normalized spacial score (nSPS) is 15.9. The van der Waals surface area contributed by atoms with Crippen LogP contribution in [0.15, 0.2) is 70.0 Å². The van der Waals surface area contributed by atoms with Gasteiger partial charge < -0.3 is 30.3 Å². The zero-order valence-electron chi connectivity index (χ0n) is 31.8. The van der Waals surface area contributed by atoms with Crippen molar-refractivity contribution in [2.45, 2.75) is 83.6 Å². The third-order valence-corrected chi connectivity index (χ3v) is 12.3. The highest BCUT2D eigenvalue weighted by atomic mass is 32.2. The summed E-state index contributed by atoms with van der Waals surface area (Å²) in [6.45, 7) is 10.3. The van der Waals surface area contributed by atoms with Crippen molar-refractivity contribution in [2.24, 2.45) is 17.0 Å². The van der Waals surface area contributed by atoms with Gasteiger partial charge in [0.2, 0.25) is 21.8 Å². The highest BCUT2D eigenvalue weighted by Crippen LogP contribution is 2.25. The number of thiazole rings is 1. The van der Waals surface area contributed by atoms with Crippen molar-refractivity contribution in [3.8, 4) is 0 Å². The minimum atomic E-state index is -4.08. The van der Waals surface area contributed by atoms with Crippen molar-refractivity contribution in [2.75, 3.05) is 33.2 Å². The maximum absolute atomic E-state index is 14.3. The number of sulfonamides is 1. The maximum atomic E-state index is 14.3. The van der Waals surface area contributed by atoms with E-state index in [1.807, 2.05) is 63.4 Å². The number of hydrogen-bond acceptors (Lipinski definition) is 10. The molecule has 14 nitrogen and oxygen atoms in total. The second-order valence-electron chi connectivity index (χ2n) is 14.2. The number of hydrogen-bond donors (Lipinski definition) is 3. The fourth-order valence-corrected chi connectivity index (χ4v) is 8.77. The summed E-state index contributed by atoms with van der Waals surface area (Å²) in [5.41, 5.74) is 2.05. The van der Waals surface area contributed by atoms with Gasteiger partial charge in [-0.1, -0.05) is 81.7 Å². The lowest BCUT2D eigenvalue weighted by atomic mass is 9.95. The van der Waals surface area contributed by atoms with E-state index in [4.69, 9.17) is 5.21 Å². The number of aliphatic hydroxyl groups excluding tert-OH is 1. The molecule has 1 fully saturated rings. The molecule has 4 amide bonds. The molecule has 1 aromatic heterocycles. The van der Waals surface area contributed by atoms with Crippen LogP contribution < -0.4 is 5.32 Å². The highest BCUT2D eigenvalue weighted by Gasteiger charge is 2.41. The number of rotatable bonds is 19. The van der Waals surface area contributed by atoms with E-state index in [-0.39, 0.29) is 54.7 Å². The van der Waals surface area contributed by atoms with E-state index >= 15 is 0 Å². The molecule has 2 aromatic carbocycles. The van der Waals surface area contributed by atoms with Crippen LogP contribution in [0.5, 0.6) is 0 Å². The van der Waals surface area contributed by atoms with Gasteiger partial charge in [-0.05, 0) is 41.5 Å². The smallest absolute Gasteiger partial charge is 0.321 e. The summed E-state index contributed by atoms with van der Waals surface area (Å²) >= 11 is 1.42. The van der Waals surface area contributed by atoms with Gasteiger partial charge >= 0.3 is 6.03 Å². The van der Waals surface area contributed by atoms with E-state index < -0.39 is 34.1 Å². The zero-order chi connectivity index (χ0) is 39.6. The second kappa shape index (κ2) is 19.3. The number of nitrogens with one attached hydrogen (secondary N) is 1. The van der Waals surface area contributed by atoms with Crippen molar-refractivity contribution >= 4 is 45.4 Å². The van der Waals surface area contributed by atoms with Crippen molar-refractivity contribution < 1.29 is 33.1 Å². The summed E-state index contributed by atoms with van der Waals surface area (Å²) in [6.07, 6.45) is 0.706. The average molecular weight is 784 g/mol. The van der Waals surface area contributed by atoms with Crippen LogP contribution in [-0.2, 0) is 39.1 Å². The number of benzene rings is 2. The van der Waals surface area contributed by atoms with Crippen LogP contribution in [0, 0.1) is 11.8 Å². The van der Waals surface area contributed by atoms with Gasteiger partial charge in [0.15, 0.2) is 0 Å². The Labute approximate surface area is 322 Å². The number of carbonyl (C=O) groups is 3. The molecular formula is C38H53N7O7S2. The van der Waals surface area contributed by atoms with Crippen molar-refractivity contribution in [3.05, 3.63) is 81.8 Å². The summed E-state index contributed by atoms with van der Waals surface area (Å²) in [5, 5.41) is 29.4. The van der Waals surface area contributed by atoms with E-state index in [0.717, 1.165) is 10.6 Å². The quantitative estimate of drug-likeness (QED) is 0.0929. The molecule has 16 heteroatoms. The topological polar surface area (TPSA) is 176 Å². The first kappa shape index (κ1) is 42.4. The molecule has 0 aliphatic carbocycles. The molecular weight excluding hydrogens is 731 g/mol. The van der Waals surface area contributed by atoms with Gasteiger partial charge in [-0.15, -0.1) is 11.3 Å². The Kier molecular flexibility index (Phi) is 15.1. The Hall–Kier alpha value is -4.38. The largest absolute Gasteiger partial charge is 0.411 e. The SMILES string of the molecule is CC[C@H](C)[C@@H](C(=O)N[C@@H](Cc1ccccc1)[C@H](O)CN(CC(C)C)S(=O)(=O)c1ccc(/C=N/O)cc1)N1CCN(Cc2csc(CN(C)C(C)=O)n2)C1=O. The summed E-state index contributed by atoms with van der Waals surface area (Å²) in [6, 6.07) is 13.2. The standard InChI is InChI=1S/C38H53N7O7S2/c1-7-27(4)36(45-18-17-43(38(45)49)22-31-25-53-35(40-31)24-42(6)28(5)46)37(48)41-33(19-29-11-9-8-10-12-29)34(47)23-44(21-26(2)3)54(51,52)32-15-13-30(14-16-32)20-39-50/h8-16,20,25-27,33-34,36,47,50H,7,17-19,21-24H2,1-6H3,(H,41,48)/b39-20+/t27-,33-,34+,36-/m0/s1. The number of amides is 4. The van der Waals surface area contributed by atoms with Gasteiger partial charge in [0, 0.05) is 45.5 Å². The molecule has 294 valence electrons. The van der Waals surface area contributed by atoms with Crippen molar-refractivity contribution in [3.63, 3.8) is 0 Å². The minimum absolute atomic E-state index is 0.0142.